The Labute approximate surface area is 165 Å². The Kier molecular flexibility index (Phi) is 6.91. The summed E-state index contributed by atoms with van der Waals surface area (Å²) in [5, 5.41) is 10.6. The fraction of sp³-hybridized carbons (Fsp3) is 0.619. The average molecular weight is 391 g/mol. The molecule has 0 aromatic heterocycles. The third-order valence-electron chi connectivity index (χ3n) is 5.72. The first-order valence-electron chi connectivity index (χ1n) is 9.81. The monoisotopic (exact) mass is 391 g/mol. The van der Waals surface area contributed by atoms with Crippen molar-refractivity contribution in [3.63, 3.8) is 0 Å². The van der Waals surface area contributed by atoms with Crippen molar-refractivity contribution in [3.05, 3.63) is 29.8 Å². The molecule has 1 aliphatic heterocycles. The molecule has 7 heteroatoms. The lowest BCUT2D eigenvalue weighted by atomic mass is 9.78. The molecule has 0 spiro atoms. The highest BCUT2D eigenvalue weighted by Crippen LogP contribution is 2.38. The van der Waals surface area contributed by atoms with Crippen molar-refractivity contribution in [1.82, 2.24) is 4.90 Å². The van der Waals surface area contributed by atoms with Crippen molar-refractivity contribution in [2.45, 2.75) is 37.9 Å². The van der Waals surface area contributed by atoms with Crippen LogP contribution in [0.25, 0.3) is 0 Å². The summed E-state index contributed by atoms with van der Waals surface area (Å²) in [6.45, 7) is 2.01. The summed E-state index contributed by atoms with van der Waals surface area (Å²) in [7, 11) is 2.97. The van der Waals surface area contributed by atoms with Gasteiger partial charge in [0, 0.05) is 33.2 Å². The lowest BCUT2D eigenvalue weighted by Crippen LogP contribution is -2.42. The number of carbonyl (C=O) groups is 2. The summed E-state index contributed by atoms with van der Waals surface area (Å²) < 4.78 is 15.8. The summed E-state index contributed by atoms with van der Waals surface area (Å²) in [5.41, 5.74) is 0.414. The third-order valence-corrected chi connectivity index (χ3v) is 5.72. The van der Waals surface area contributed by atoms with E-state index >= 15 is 0 Å². The molecule has 154 valence electrons. The Balaban J connectivity index is 1.58. The maximum absolute atomic E-state index is 12.4. The van der Waals surface area contributed by atoms with Gasteiger partial charge < -0.3 is 24.2 Å². The second-order valence-corrected chi connectivity index (χ2v) is 7.63. The van der Waals surface area contributed by atoms with Crippen LogP contribution in [0.1, 0.15) is 36.0 Å². The number of hydrogen-bond donors (Lipinski definition) is 1. The molecule has 0 radical (unpaired) electrons. The number of aliphatic hydroxyl groups is 1. The van der Waals surface area contributed by atoms with E-state index in [0.29, 0.717) is 62.1 Å². The molecule has 1 heterocycles. The molecule has 1 aliphatic carbocycles. The van der Waals surface area contributed by atoms with Gasteiger partial charge in [-0.15, -0.1) is 0 Å². The molecule has 1 amide bonds. The first-order chi connectivity index (χ1) is 13.5. The maximum Gasteiger partial charge on any atom is 0.337 e. The minimum absolute atomic E-state index is 0.157. The number of likely N-dealkylation sites (tertiary alicyclic amines) is 1. The fourth-order valence-corrected chi connectivity index (χ4v) is 4.24. The van der Waals surface area contributed by atoms with E-state index < -0.39 is 12.1 Å². The summed E-state index contributed by atoms with van der Waals surface area (Å²) in [6.07, 6.45) is 1.59. The van der Waals surface area contributed by atoms with Crippen LogP contribution >= 0.6 is 0 Å². The Hall–Kier alpha value is -2.12. The van der Waals surface area contributed by atoms with Gasteiger partial charge in [0.05, 0.1) is 18.8 Å². The number of carbonyl (C=O) groups excluding carboxylic acids is 2. The number of amides is 1. The number of methoxy groups -OCH3 is 2. The zero-order chi connectivity index (χ0) is 20.1. The Bertz CT molecular complexity index is 693. The summed E-state index contributed by atoms with van der Waals surface area (Å²) in [4.78, 5) is 26.0. The van der Waals surface area contributed by atoms with Gasteiger partial charge in [-0.05, 0) is 49.3 Å². The van der Waals surface area contributed by atoms with E-state index in [4.69, 9.17) is 14.2 Å². The van der Waals surface area contributed by atoms with Crippen LogP contribution in [-0.4, -0.2) is 68.0 Å². The first-order valence-corrected chi connectivity index (χ1v) is 9.81. The van der Waals surface area contributed by atoms with E-state index in [9.17, 15) is 14.7 Å². The van der Waals surface area contributed by atoms with Crippen molar-refractivity contribution in [2.24, 2.45) is 11.8 Å². The zero-order valence-corrected chi connectivity index (χ0v) is 16.5. The Morgan fingerprint density at radius 1 is 1.18 bits per heavy atom. The molecule has 28 heavy (non-hydrogen) atoms. The molecule has 2 aliphatic rings. The number of hydrogen-bond acceptors (Lipinski definition) is 6. The molecule has 1 saturated heterocycles. The van der Waals surface area contributed by atoms with E-state index in [1.807, 2.05) is 4.90 Å². The van der Waals surface area contributed by atoms with E-state index in [0.717, 1.165) is 6.42 Å². The van der Waals surface area contributed by atoms with Gasteiger partial charge in [-0.3, -0.25) is 4.79 Å². The molecule has 1 aromatic carbocycles. The second kappa shape index (κ2) is 9.39. The van der Waals surface area contributed by atoms with Crippen LogP contribution in [0.5, 0.6) is 5.75 Å². The summed E-state index contributed by atoms with van der Waals surface area (Å²) in [6, 6.07) is 6.79. The molecule has 0 unspecified atom stereocenters. The fourth-order valence-electron chi connectivity index (χ4n) is 4.24. The SMILES string of the molecule is COCCCC(=O)N1C[C@H]2C[C@@H](Oc3cccc(C(=O)OC)c3)[C@H](O)C[C@H]2C1. The lowest BCUT2D eigenvalue weighted by molar-refractivity contribution is -0.130. The number of aliphatic hydroxyl groups excluding tert-OH is 1. The number of rotatable bonds is 7. The highest BCUT2D eigenvalue weighted by Gasteiger charge is 2.43. The van der Waals surface area contributed by atoms with Crippen LogP contribution in [-0.2, 0) is 14.3 Å². The predicted molar refractivity (Wildman–Crippen MR) is 102 cm³/mol. The van der Waals surface area contributed by atoms with Crippen molar-refractivity contribution in [2.75, 3.05) is 33.9 Å². The summed E-state index contributed by atoms with van der Waals surface area (Å²) in [5.74, 6) is 0.902. The normalized spacial score (nSPS) is 26.6. The molecule has 0 bridgehead atoms. The lowest BCUT2D eigenvalue weighted by Gasteiger charge is -2.35. The standard InChI is InChI=1S/C21H29NO6/c1-26-8-4-7-20(24)22-12-15-10-18(23)19(11-16(15)13-22)28-17-6-3-5-14(9-17)21(25)27-2/h3,5-6,9,15-16,18-19,23H,4,7-8,10-13H2,1-2H3/t15-,16+,18+,19+/m0/s1. The number of benzene rings is 1. The van der Waals surface area contributed by atoms with Gasteiger partial charge in [0.2, 0.25) is 5.91 Å². The molecule has 4 atom stereocenters. The van der Waals surface area contributed by atoms with E-state index in [2.05, 4.69) is 0 Å². The molecule has 1 aromatic rings. The number of fused-ring (bicyclic) bond motifs is 1. The molecule has 3 rings (SSSR count). The second-order valence-electron chi connectivity index (χ2n) is 7.63. The highest BCUT2D eigenvalue weighted by atomic mass is 16.5. The van der Waals surface area contributed by atoms with Crippen molar-refractivity contribution in [1.29, 1.82) is 0 Å². The molecular weight excluding hydrogens is 362 g/mol. The van der Waals surface area contributed by atoms with Crippen molar-refractivity contribution < 1.29 is 28.9 Å². The minimum atomic E-state index is -0.591. The minimum Gasteiger partial charge on any atom is -0.488 e. The van der Waals surface area contributed by atoms with Crippen molar-refractivity contribution >= 4 is 11.9 Å². The Morgan fingerprint density at radius 3 is 2.64 bits per heavy atom. The van der Waals surface area contributed by atoms with Crippen LogP contribution in [0, 0.1) is 11.8 Å². The molecule has 7 nitrogen and oxygen atoms in total. The van der Waals surface area contributed by atoms with Gasteiger partial charge >= 0.3 is 5.97 Å². The first kappa shape index (κ1) is 20.6. The van der Waals surface area contributed by atoms with E-state index in [1.165, 1.54) is 7.11 Å². The molecule has 2 fully saturated rings. The van der Waals surface area contributed by atoms with Gasteiger partial charge in [0.25, 0.3) is 0 Å². The van der Waals surface area contributed by atoms with Crippen molar-refractivity contribution in [3.8, 4) is 5.75 Å². The average Bonchev–Trinajstić information content (AvgIpc) is 3.10. The van der Waals surface area contributed by atoms with E-state index in [-0.39, 0.29) is 12.0 Å². The maximum atomic E-state index is 12.4. The van der Waals surface area contributed by atoms with Gasteiger partial charge in [-0.1, -0.05) is 6.07 Å². The predicted octanol–water partition coefficient (Wildman–Crippen LogP) is 1.88. The zero-order valence-electron chi connectivity index (χ0n) is 16.5. The number of esters is 1. The van der Waals surface area contributed by atoms with Crippen LogP contribution in [0.3, 0.4) is 0 Å². The topological polar surface area (TPSA) is 85.3 Å². The molecule has 1 N–H and O–H groups in total. The van der Waals surface area contributed by atoms with Gasteiger partial charge in [-0.25, -0.2) is 4.79 Å². The smallest absolute Gasteiger partial charge is 0.337 e. The van der Waals surface area contributed by atoms with Gasteiger partial charge in [0.1, 0.15) is 11.9 Å². The van der Waals surface area contributed by atoms with Gasteiger partial charge in [0.15, 0.2) is 0 Å². The van der Waals surface area contributed by atoms with Crippen LogP contribution in [0.4, 0.5) is 0 Å². The van der Waals surface area contributed by atoms with E-state index in [1.54, 1.807) is 31.4 Å². The quantitative estimate of drug-likeness (QED) is 0.564. The number of nitrogens with zero attached hydrogens (tertiary/aromatic N) is 1. The third kappa shape index (κ3) is 4.83. The highest BCUT2D eigenvalue weighted by molar-refractivity contribution is 5.89. The van der Waals surface area contributed by atoms with Crippen LogP contribution in [0.2, 0.25) is 0 Å². The largest absolute Gasteiger partial charge is 0.488 e. The van der Waals surface area contributed by atoms with Crippen LogP contribution < -0.4 is 4.74 Å². The Morgan fingerprint density at radius 2 is 1.93 bits per heavy atom. The molecular formula is C21H29NO6. The summed E-state index contributed by atoms with van der Waals surface area (Å²) >= 11 is 0. The van der Waals surface area contributed by atoms with Gasteiger partial charge in [-0.2, -0.15) is 0 Å². The number of ether oxygens (including phenoxy) is 3. The molecule has 1 saturated carbocycles. The van der Waals surface area contributed by atoms with Crippen LogP contribution in [0.15, 0.2) is 24.3 Å².